The largest absolute Gasteiger partial charge is 0.378 e. The van der Waals surface area contributed by atoms with E-state index < -0.39 is 0 Å². The first-order valence-electron chi connectivity index (χ1n) is 9.26. The number of rotatable bonds is 7. The molecule has 0 unspecified atom stereocenters. The van der Waals surface area contributed by atoms with Crippen molar-refractivity contribution in [2.24, 2.45) is 0 Å². The standard InChI is InChI=1S/C22H26N4OS/c1-15-20(14-17-8-6-5-7-9-17)25-22(23-15)28-16(2)21(27)24-18-10-12-19(13-11-18)26(3)4/h5-13,16H,14H2,1-4H3,(H,23,25)(H,24,27)/t16-/m1/s1. The lowest BCUT2D eigenvalue weighted by molar-refractivity contribution is -0.115. The van der Waals surface area contributed by atoms with Crippen molar-refractivity contribution in [2.45, 2.75) is 30.7 Å². The van der Waals surface area contributed by atoms with Crippen LogP contribution in [0.25, 0.3) is 0 Å². The fourth-order valence-corrected chi connectivity index (χ4v) is 3.67. The first-order chi connectivity index (χ1) is 13.4. The van der Waals surface area contributed by atoms with Gasteiger partial charge in [-0.25, -0.2) is 4.98 Å². The molecule has 0 saturated heterocycles. The summed E-state index contributed by atoms with van der Waals surface area (Å²) in [6, 6.07) is 18.1. The fourth-order valence-electron chi connectivity index (χ4n) is 2.79. The van der Waals surface area contributed by atoms with Crippen molar-refractivity contribution >= 4 is 29.0 Å². The maximum absolute atomic E-state index is 12.5. The van der Waals surface area contributed by atoms with Gasteiger partial charge in [0, 0.05) is 37.6 Å². The van der Waals surface area contributed by atoms with Crippen molar-refractivity contribution in [3.63, 3.8) is 0 Å². The number of imidazole rings is 1. The maximum atomic E-state index is 12.5. The second-order valence-corrected chi connectivity index (χ2v) is 8.30. The van der Waals surface area contributed by atoms with Crippen LogP contribution >= 0.6 is 11.8 Å². The number of H-pyrrole nitrogens is 1. The number of carbonyl (C=O) groups excluding carboxylic acids is 1. The minimum Gasteiger partial charge on any atom is -0.378 e. The van der Waals surface area contributed by atoms with E-state index in [9.17, 15) is 4.79 Å². The Morgan fingerprint density at radius 2 is 1.82 bits per heavy atom. The van der Waals surface area contributed by atoms with E-state index in [1.807, 2.05) is 75.3 Å². The highest BCUT2D eigenvalue weighted by molar-refractivity contribution is 8.00. The normalized spacial score (nSPS) is 11.9. The summed E-state index contributed by atoms with van der Waals surface area (Å²) in [6.45, 7) is 3.91. The van der Waals surface area contributed by atoms with Crippen LogP contribution in [0.3, 0.4) is 0 Å². The molecule has 0 radical (unpaired) electrons. The predicted octanol–water partition coefficient (Wildman–Crippen LogP) is 4.49. The van der Waals surface area contributed by atoms with Gasteiger partial charge in [-0.15, -0.1) is 0 Å². The van der Waals surface area contributed by atoms with Crippen molar-refractivity contribution in [1.29, 1.82) is 0 Å². The van der Waals surface area contributed by atoms with Gasteiger partial charge in [-0.2, -0.15) is 0 Å². The SMILES string of the molecule is Cc1[nH]c(S[C@H](C)C(=O)Nc2ccc(N(C)C)cc2)nc1Cc1ccccc1. The topological polar surface area (TPSA) is 61.0 Å². The van der Waals surface area contributed by atoms with Crippen molar-refractivity contribution in [2.75, 3.05) is 24.3 Å². The van der Waals surface area contributed by atoms with Crippen LogP contribution in [0.15, 0.2) is 59.8 Å². The first-order valence-corrected chi connectivity index (χ1v) is 10.1. The highest BCUT2D eigenvalue weighted by Gasteiger charge is 2.18. The Kier molecular flexibility index (Phi) is 6.41. The average molecular weight is 395 g/mol. The zero-order valence-corrected chi connectivity index (χ0v) is 17.5. The molecule has 0 aliphatic heterocycles. The molecular formula is C22H26N4OS. The quantitative estimate of drug-likeness (QED) is 0.580. The molecule has 28 heavy (non-hydrogen) atoms. The number of anilines is 2. The van der Waals surface area contributed by atoms with Crippen LogP contribution in [0.2, 0.25) is 0 Å². The number of nitrogens with zero attached hydrogens (tertiary/aromatic N) is 2. The number of amides is 1. The Bertz CT molecular complexity index is 919. The third-order valence-corrected chi connectivity index (χ3v) is 5.47. The van der Waals surface area contributed by atoms with E-state index in [1.165, 1.54) is 17.3 Å². The lowest BCUT2D eigenvalue weighted by atomic mass is 10.1. The highest BCUT2D eigenvalue weighted by atomic mass is 32.2. The Morgan fingerprint density at radius 1 is 1.14 bits per heavy atom. The summed E-state index contributed by atoms with van der Waals surface area (Å²) in [5, 5.41) is 3.48. The Labute approximate surface area is 170 Å². The van der Waals surface area contributed by atoms with E-state index in [2.05, 4.69) is 27.4 Å². The summed E-state index contributed by atoms with van der Waals surface area (Å²) in [6.07, 6.45) is 0.780. The number of hydrogen-bond acceptors (Lipinski definition) is 4. The second-order valence-electron chi connectivity index (χ2n) is 6.97. The molecule has 3 aromatic rings. The zero-order chi connectivity index (χ0) is 20.1. The number of benzene rings is 2. The van der Waals surface area contributed by atoms with Gasteiger partial charge in [0.2, 0.25) is 5.91 Å². The number of thioether (sulfide) groups is 1. The number of carbonyl (C=O) groups is 1. The van der Waals surface area contributed by atoms with Crippen LogP contribution < -0.4 is 10.2 Å². The van der Waals surface area contributed by atoms with E-state index in [0.717, 1.165) is 34.3 Å². The molecular weight excluding hydrogens is 368 g/mol. The van der Waals surface area contributed by atoms with Crippen molar-refractivity contribution in [3.8, 4) is 0 Å². The van der Waals surface area contributed by atoms with E-state index in [4.69, 9.17) is 0 Å². The maximum Gasteiger partial charge on any atom is 0.237 e. The van der Waals surface area contributed by atoms with Crippen LogP contribution in [0.4, 0.5) is 11.4 Å². The molecule has 5 nitrogen and oxygen atoms in total. The monoisotopic (exact) mass is 394 g/mol. The van der Waals surface area contributed by atoms with Crippen molar-refractivity contribution in [3.05, 3.63) is 71.5 Å². The molecule has 1 aromatic heterocycles. The third kappa shape index (κ3) is 5.16. The molecule has 0 fully saturated rings. The van der Waals surface area contributed by atoms with Gasteiger partial charge in [0.25, 0.3) is 0 Å². The van der Waals surface area contributed by atoms with E-state index in [1.54, 1.807) is 0 Å². The third-order valence-electron chi connectivity index (χ3n) is 4.49. The molecule has 0 aliphatic carbocycles. The number of aryl methyl sites for hydroxylation is 1. The molecule has 2 N–H and O–H groups in total. The van der Waals surface area contributed by atoms with E-state index >= 15 is 0 Å². The van der Waals surface area contributed by atoms with Gasteiger partial charge < -0.3 is 15.2 Å². The van der Waals surface area contributed by atoms with Gasteiger partial charge in [0.05, 0.1) is 10.9 Å². The van der Waals surface area contributed by atoms with Gasteiger partial charge in [0.15, 0.2) is 5.16 Å². The Balaban J connectivity index is 1.60. The van der Waals surface area contributed by atoms with E-state index in [-0.39, 0.29) is 11.2 Å². The van der Waals surface area contributed by atoms with Gasteiger partial charge in [-0.1, -0.05) is 42.1 Å². The van der Waals surface area contributed by atoms with Crippen LogP contribution in [-0.2, 0) is 11.2 Å². The molecule has 0 bridgehead atoms. The van der Waals surface area contributed by atoms with Crippen LogP contribution in [0, 0.1) is 6.92 Å². The second kappa shape index (κ2) is 8.97. The summed E-state index contributed by atoms with van der Waals surface area (Å²) in [5.41, 5.74) is 5.17. The first kappa shape index (κ1) is 20.0. The number of aromatic amines is 1. The summed E-state index contributed by atoms with van der Waals surface area (Å²) in [7, 11) is 3.98. The van der Waals surface area contributed by atoms with Crippen molar-refractivity contribution in [1.82, 2.24) is 9.97 Å². The highest BCUT2D eigenvalue weighted by Crippen LogP contribution is 2.24. The molecule has 6 heteroatoms. The lowest BCUT2D eigenvalue weighted by Crippen LogP contribution is -2.22. The molecule has 0 aliphatic rings. The summed E-state index contributed by atoms with van der Waals surface area (Å²) >= 11 is 1.44. The molecule has 2 aromatic carbocycles. The molecule has 0 spiro atoms. The van der Waals surface area contributed by atoms with E-state index in [0.29, 0.717) is 0 Å². The summed E-state index contributed by atoms with van der Waals surface area (Å²) < 4.78 is 0. The number of aromatic nitrogens is 2. The van der Waals surface area contributed by atoms with Crippen LogP contribution in [-0.4, -0.2) is 35.2 Å². The summed E-state index contributed by atoms with van der Waals surface area (Å²) in [5.74, 6) is -0.0405. The molecule has 1 heterocycles. The Morgan fingerprint density at radius 3 is 2.46 bits per heavy atom. The molecule has 146 valence electrons. The summed E-state index contributed by atoms with van der Waals surface area (Å²) in [4.78, 5) is 22.5. The Hall–Kier alpha value is -2.73. The van der Waals surface area contributed by atoms with Crippen LogP contribution in [0.5, 0.6) is 0 Å². The predicted molar refractivity (Wildman–Crippen MR) is 117 cm³/mol. The van der Waals surface area contributed by atoms with Crippen LogP contribution in [0.1, 0.15) is 23.9 Å². The minimum absolute atomic E-state index is 0.0405. The zero-order valence-electron chi connectivity index (χ0n) is 16.7. The minimum atomic E-state index is -0.261. The molecule has 1 atom stereocenters. The van der Waals surface area contributed by atoms with Gasteiger partial charge >= 0.3 is 0 Å². The van der Waals surface area contributed by atoms with Gasteiger partial charge in [-0.3, -0.25) is 4.79 Å². The number of hydrogen-bond donors (Lipinski definition) is 2. The van der Waals surface area contributed by atoms with Gasteiger partial charge in [-0.05, 0) is 43.7 Å². The molecule has 0 saturated carbocycles. The van der Waals surface area contributed by atoms with Crippen molar-refractivity contribution < 1.29 is 4.79 Å². The average Bonchev–Trinajstić information content (AvgIpc) is 3.01. The fraction of sp³-hybridized carbons (Fsp3) is 0.273. The lowest BCUT2D eigenvalue weighted by Gasteiger charge is -2.14. The number of nitrogens with one attached hydrogen (secondary N) is 2. The smallest absolute Gasteiger partial charge is 0.237 e. The molecule has 3 rings (SSSR count). The van der Waals surface area contributed by atoms with Gasteiger partial charge in [0.1, 0.15) is 0 Å². The molecule has 1 amide bonds.